The minimum Gasteiger partial charge on any atom is -0.508 e. The lowest BCUT2D eigenvalue weighted by Crippen LogP contribution is -2.21. The maximum absolute atomic E-state index is 10.5. The Morgan fingerprint density at radius 3 is 1.62 bits per heavy atom. The van der Waals surface area contributed by atoms with Gasteiger partial charge in [-0.2, -0.15) is 0 Å². The zero-order chi connectivity index (χ0) is 14.8. The van der Waals surface area contributed by atoms with Crippen molar-refractivity contribution in [3.8, 4) is 11.5 Å². The van der Waals surface area contributed by atoms with Gasteiger partial charge in [0, 0.05) is 16.5 Å². The van der Waals surface area contributed by atoms with Crippen LogP contribution in [-0.2, 0) is 18.3 Å². The fourth-order valence-corrected chi connectivity index (χ4v) is 4.62. The van der Waals surface area contributed by atoms with Crippen LogP contribution >= 0.6 is 0 Å². The Balaban J connectivity index is 2.05. The minimum absolute atomic E-state index is 0.184. The van der Waals surface area contributed by atoms with Gasteiger partial charge in [-0.25, -0.2) is 0 Å². The summed E-state index contributed by atoms with van der Waals surface area (Å²) in [5, 5.41) is 21.0. The minimum atomic E-state index is -0.184. The quantitative estimate of drug-likeness (QED) is 0.768. The molecule has 0 heterocycles. The number of hydrogen-bond acceptors (Lipinski definition) is 2. The van der Waals surface area contributed by atoms with Crippen molar-refractivity contribution in [1.29, 1.82) is 0 Å². The van der Waals surface area contributed by atoms with Crippen LogP contribution in [0, 0.1) is 13.8 Å². The number of fused-ring (bicyclic) bond motifs is 4. The number of phenolic OH excluding ortho intramolecular Hbond substituents is 2. The molecule has 21 heavy (non-hydrogen) atoms. The van der Waals surface area contributed by atoms with E-state index in [-0.39, 0.29) is 5.41 Å². The summed E-state index contributed by atoms with van der Waals surface area (Å²) in [5.41, 5.74) is 7.02. The van der Waals surface area contributed by atoms with Gasteiger partial charge in [-0.1, -0.05) is 12.1 Å². The molecule has 2 aromatic rings. The highest BCUT2D eigenvalue weighted by Gasteiger charge is 2.48. The molecule has 0 saturated carbocycles. The molecule has 0 aliphatic heterocycles. The highest BCUT2D eigenvalue weighted by atomic mass is 16.3. The van der Waals surface area contributed by atoms with Crippen molar-refractivity contribution in [2.45, 2.75) is 44.9 Å². The van der Waals surface area contributed by atoms with Crippen molar-refractivity contribution in [1.82, 2.24) is 0 Å². The molecule has 2 aliphatic carbocycles. The van der Waals surface area contributed by atoms with Gasteiger partial charge in [0.25, 0.3) is 0 Å². The first kappa shape index (κ1) is 12.8. The summed E-state index contributed by atoms with van der Waals surface area (Å²) in [4.78, 5) is 0. The smallest absolute Gasteiger partial charge is 0.119 e. The maximum atomic E-state index is 10.5. The second kappa shape index (κ2) is 4.03. The van der Waals surface area contributed by atoms with Crippen molar-refractivity contribution < 1.29 is 10.2 Å². The lowest BCUT2D eigenvalue weighted by atomic mass is 9.75. The molecular formula is C19H20O2. The predicted molar refractivity (Wildman–Crippen MR) is 83.1 cm³/mol. The first-order valence-electron chi connectivity index (χ1n) is 7.68. The van der Waals surface area contributed by atoms with E-state index in [1.165, 1.54) is 22.3 Å². The Hall–Kier alpha value is -1.96. The van der Waals surface area contributed by atoms with E-state index >= 15 is 0 Å². The third-order valence-corrected chi connectivity index (χ3v) is 5.61. The van der Waals surface area contributed by atoms with Gasteiger partial charge in [-0.05, 0) is 73.9 Å². The molecule has 0 saturated heterocycles. The van der Waals surface area contributed by atoms with Crippen LogP contribution in [0.1, 0.15) is 46.2 Å². The van der Waals surface area contributed by atoms with Gasteiger partial charge < -0.3 is 10.2 Å². The monoisotopic (exact) mass is 280 g/mol. The Bertz CT molecular complexity index is 693. The molecule has 0 fully saturated rings. The molecule has 1 spiro atoms. The van der Waals surface area contributed by atoms with Gasteiger partial charge in [0.2, 0.25) is 0 Å². The molecule has 0 unspecified atom stereocenters. The standard InChI is InChI=1S/C19H20O2/c1-11-3-5-15(20)17-13(11)7-9-19(17)10-8-14-12(2)4-6-16(21)18(14)19/h3-6,20-21H,7-10H2,1-2H3. The molecule has 0 atom stereocenters. The van der Waals surface area contributed by atoms with E-state index in [2.05, 4.69) is 13.8 Å². The molecule has 2 N–H and O–H groups in total. The van der Waals surface area contributed by atoms with E-state index in [1.54, 1.807) is 0 Å². The van der Waals surface area contributed by atoms with Gasteiger partial charge in [-0.3, -0.25) is 0 Å². The predicted octanol–water partition coefficient (Wildman–Crippen LogP) is 3.89. The maximum Gasteiger partial charge on any atom is 0.119 e. The molecule has 0 amide bonds. The molecule has 0 bridgehead atoms. The Morgan fingerprint density at radius 2 is 1.19 bits per heavy atom. The Kier molecular flexibility index (Phi) is 2.45. The van der Waals surface area contributed by atoms with Crippen molar-refractivity contribution in [2.24, 2.45) is 0 Å². The molecule has 108 valence electrons. The van der Waals surface area contributed by atoms with Gasteiger partial charge in [0.15, 0.2) is 0 Å². The normalized spacial score (nSPS) is 18.0. The van der Waals surface area contributed by atoms with Gasteiger partial charge in [-0.15, -0.1) is 0 Å². The van der Waals surface area contributed by atoms with Gasteiger partial charge in [0.1, 0.15) is 11.5 Å². The summed E-state index contributed by atoms with van der Waals surface area (Å²) in [6.07, 6.45) is 3.96. The van der Waals surface area contributed by atoms with Crippen LogP contribution < -0.4 is 0 Å². The van der Waals surface area contributed by atoms with Gasteiger partial charge >= 0.3 is 0 Å². The van der Waals surface area contributed by atoms with E-state index in [1.807, 2.05) is 24.3 Å². The van der Waals surface area contributed by atoms with Crippen molar-refractivity contribution in [3.63, 3.8) is 0 Å². The second-order valence-electron chi connectivity index (χ2n) is 6.59. The third kappa shape index (κ3) is 1.48. The molecule has 0 radical (unpaired) electrons. The second-order valence-corrected chi connectivity index (χ2v) is 6.59. The Morgan fingerprint density at radius 1 is 0.762 bits per heavy atom. The number of benzene rings is 2. The number of phenols is 2. The topological polar surface area (TPSA) is 40.5 Å². The molecule has 0 aromatic heterocycles. The molecule has 2 aromatic carbocycles. The molecular weight excluding hydrogens is 260 g/mol. The SMILES string of the molecule is Cc1ccc(O)c2c1CCC21CCc2c(C)ccc(O)c21. The lowest BCUT2D eigenvalue weighted by molar-refractivity contribution is 0.416. The number of hydrogen-bond donors (Lipinski definition) is 2. The molecule has 2 aliphatic rings. The Labute approximate surface area is 125 Å². The van der Waals surface area contributed by atoms with Crippen LogP contribution in [0.25, 0.3) is 0 Å². The molecule has 2 heteroatoms. The molecule has 4 rings (SSSR count). The summed E-state index contributed by atoms with van der Waals surface area (Å²) in [6, 6.07) is 7.62. The fourth-order valence-electron chi connectivity index (χ4n) is 4.62. The summed E-state index contributed by atoms with van der Waals surface area (Å²) in [5.74, 6) is 0.781. The summed E-state index contributed by atoms with van der Waals surface area (Å²) < 4.78 is 0. The molecule has 2 nitrogen and oxygen atoms in total. The van der Waals surface area contributed by atoms with Crippen LogP contribution in [0.15, 0.2) is 24.3 Å². The zero-order valence-corrected chi connectivity index (χ0v) is 12.5. The van der Waals surface area contributed by atoms with E-state index in [0.717, 1.165) is 36.8 Å². The van der Waals surface area contributed by atoms with Crippen molar-refractivity contribution in [2.75, 3.05) is 0 Å². The lowest BCUT2D eigenvalue weighted by Gasteiger charge is -2.28. The first-order valence-corrected chi connectivity index (χ1v) is 7.68. The first-order chi connectivity index (χ1) is 10.0. The highest BCUT2D eigenvalue weighted by molar-refractivity contribution is 5.64. The number of aromatic hydroxyl groups is 2. The van der Waals surface area contributed by atoms with Crippen LogP contribution in [0.4, 0.5) is 0 Å². The number of rotatable bonds is 0. The van der Waals surface area contributed by atoms with Crippen LogP contribution in [0.3, 0.4) is 0 Å². The highest BCUT2D eigenvalue weighted by Crippen LogP contribution is 2.58. The average Bonchev–Trinajstić information content (AvgIpc) is 3.04. The fraction of sp³-hybridized carbons (Fsp3) is 0.368. The van der Waals surface area contributed by atoms with Crippen molar-refractivity contribution >= 4 is 0 Å². The van der Waals surface area contributed by atoms with E-state index < -0.39 is 0 Å². The zero-order valence-electron chi connectivity index (χ0n) is 12.5. The van der Waals surface area contributed by atoms with Crippen molar-refractivity contribution in [3.05, 3.63) is 57.6 Å². The van der Waals surface area contributed by atoms with E-state index in [0.29, 0.717) is 11.5 Å². The average molecular weight is 280 g/mol. The van der Waals surface area contributed by atoms with E-state index in [9.17, 15) is 10.2 Å². The van der Waals surface area contributed by atoms with Crippen LogP contribution in [0.5, 0.6) is 11.5 Å². The van der Waals surface area contributed by atoms with Gasteiger partial charge in [0.05, 0.1) is 0 Å². The summed E-state index contributed by atoms with van der Waals surface area (Å²) >= 11 is 0. The third-order valence-electron chi connectivity index (χ3n) is 5.61. The van der Waals surface area contributed by atoms with Crippen LogP contribution in [0.2, 0.25) is 0 Å². The van der Waals surface area contributed by atoms with Crippen LogP contribution in [-0.4, -0.2) is 10.2 Å². The summed E-state index contributed by atoms with van der Waals surface area (Å²) in [6.45, 7) is 4.23. The number of aryl methyl sites for hydroxylation is 2. The largest absolute Gasteiger partial charge is 0.508 e. The van der Waals surface area contributed by atoms with E-state index in [4.69, 9.17) is 0 Å². The summed E-state index contributed by atoms with van der Waals surface area (Å²) in [7, 11) is 0.